The van der Waals surface area contributed by atoms with Gasteiger partial charge in [-0.3, -0.25) is 13.4 Å². The van der Waals surface area contributed by atoms with Crippen LogP contribution < -0.4 is 0 Å². The molecular formula is C53H89F2N5O14S. The van der Waals surface area contributed by atoms with Crippen molar-refractivity contribution < 1.29 is 76.5 Å². The third kappa shape index (κ3) is 15.0. The van der Waals surface area contributed by atoms with Gasteiger partial charge < -0.3 is 68.5 Å². The van der Waals surface area contributed by atoms with Crippen molar-refractivity contribution in [2.45, 2.75) is 209 Å². The first-order chi connectivity index (χ1) is 35.2. The molecular weight excluding hydrogens is 1000 g/mol. The molecule has 5 rings (SSSR count). The predicted molar refractivity (Wildman–Crippen MR) is 275 cm³/mol. The fraction of sp³-hybridized carbons (Fsp3) is 0.830. The molecule has 1 aromatic carbocycles. The van der Waals surface area contributed by atoms with Crippen LogP contribution in [0.5, 0.6) is 0 Å². The summed E-state index contributed by atoms with van der Waals surface area (Å²) >= 11 is 0. The van der Waals surface area contributed by atoms with Gasteiger partial charge in [-0.15, -0.1) is 5.10 Å². The predicted octanol–water partition coefficient (Wildman–Crippen LogP) is 4.08. The summed E-state index contributed by atoms with van der Waals surface area (Å²) in [5.41, 5.74) is -3.46. The number of halogens is 2. The largest absolute Gasteiger partial charge is 0.459 e. The zero-order valence-corrected chi connectivity index (χ0v) is 47.4. The number of nitrogens with zero attached hydrogens (tertiary/aromatic N) is 5. The normalized spacial score (nSPS) is 39.3. The Kier molecular flexibility index (Phi) is 22.7. The second-order valence-corrected chi connectivity index (χ2v) is 23.9. The first-order valence-corrected chi connectivity index (χ1v) is 27.8. The summed E-state index contributed by atoms with van der Waals surface area (Å²) in [7, 11) is 5.12. The molecule has 5 N–H and O–H groups in total. The van der Waals surface area contributed by atoms with Crippen molar-refractivity contribution in [1.82, 2.24) is 24.8 Å². The van der Waals surface area contributed by atoms with E-state index in [0.717, 1.165) is 0 Å². The van der Waals surface area contributed by atoms with Gasteiger partial charge in [0, 0.05) is 69.2 Å². The molecule has 22 heteroatoms. The molecule has 1 unspecified atom stereocenters. The molecule has 4 heterocycles. The number of ether oxygens (including phenoxy) is 7. The molecule has 0 saturated carbocycles. The first kappa shape index (κ1) is 63.2. The zero-order valence-electron chi connectivity index (χ0n) is 46.6. The van der Waals surface area contributed by atoms with E-state index >= 15 is 0 Å². The Labute approximate surface area is 445 Å². The second kappa shape index (κ2) is 27.0. The Hall–Kier alpha value is -2.68. The number of carbonyl (C=O) groups excluding carboxylic acids is 1. The van der Waals surface area contributed by atoms with E-state index in [0.29, 0.717) is 42.1 Å². The molecule has 2 aromatic rings. The summed E-state index contributed by atoms with van der Waals surface area (Å²) in [5, 5.41) is 68.4. The highest BCUT2D eigenvalue weighted by Crippen LogP contribution is 2.41. The molecule has 3 fully saturated rings. The lowest BCUT2D eigenvalue weighted by atomic mass is 9.77. The van der Waals surface area contributed by atoms with Crippen molar-refractivity contribution in [2.75, 3.05) is 60.5 Å². The molecule has 3 saturated heterocycles. The van der Waals surface area contributed by atoms with Crippen LogP contribution in [0.25, 0.3) is 0 Å². The van der Waals surface area contributed by atoms with Crippen molar-refractivity contribution >= 4 is 16.8 Å². The van der Waals surface area contributed by atoms with Gasteiger partial charge in [0.05, 0.1) is 63.8 Å². The van der Waals surface area contributed by atoms with Crippen LogP contribution in [-0.4, -0.2) is 211 Å². The minimum atomic E-state index is -1.86. The molecule has 0 spiro atoms. The van der Waals surface area contributed by atoms with Crippen molar-refractivity contribution in [3.05, 3.63) is 41.7 Å². The number of methoxy groups -OCH3 is 2. The highest BCUT2D eigenvalue weighted by Gasteiger charge is 2.53. The van der Waals surface area contributed by atoms with E-state index in [1.165, 1.54) is 25.8 Å². The smallest absolute Gasteiger partial charge is 0.311 e. The quantitative estimate of drug-likeness (QED) is 0.132. The van der Waals surface area contributed by atoms with Crippen molar-refractivity contribution in [2.24, 2.45) is 17.8 Å². The number of rotatable bonds is 18. The minimum absolute atomic E-state index is 0.0711. The average molecular weight is 1090 g/mol. The van der Waals surface area contributed by atoms with E-state index in [1.54, 1.807) is 78.9 Å². The number of benzene rings is 1. The average Bonchev–Trinajstić information content (AvgIpc) is 3.84. The molecule has 75 heavy (non-hydrogen) atoms. The third-order valence-corrected chi connectivity index (χ3v) is 17.5. The second-order valence-electron chi connectivity index (χ2n) is 22.3. The molecule has 0 radical (unpaired) electrons. The Morgan fingerprint density at radius 1 is 0.973 bits per heavy atom. The van der Waals surface area contributed by atoms with Gasteiger partial charge in [0.1, 0.15) is 55.5 Å². The van der Waals surface area contributed by atoms with E-state index < -0.39 is 144 Å². The maximum Gasteiger partial charge on any atom is 0.311 e. The molecule has 0 aliphatic carbocycles. The number of esters is 1. The topological polar surface area (TPSA) is 237 Å². The standard InChI is InChI=1S/C53H89F2N5O14S/c1-15-41-53(10,66)46(62)34(6)59(12)28-30(2)25-51(8,65)48(32(4)44(33(5)49(64)72-41)73-42-26-52(9,69-14)47(63)35(7)71-42)74-50-43(61)39(24-31(3)70-50)58(11)22-20-37-29-60(57-56-37)40(27-55)45(68-13)36-16-18-38(19-17-36)75(67)23-21-54/h16-19,29-35,39-48,50,61-63,65-66H,15,20-28H2,1-14H3/t30-,31-,32+,33-,34-,35+,39+,40-,41-,42+,43-,44+,45-,46-,47+,48-,50+,51-,52-,53-,75?/m1/s1. The molecule has 0 bridgehead atoms. The van der Waals surface area contributed by atoms with Crippen LogP contribution in [-0.2, 0) is 55.2 Å². The number of carbonyl (C=O) groups is 1. The molecule has 0 amide bonds. The van der Waals surface area contributed by atoms with Crippen LogP contribution in [0.15, 0.2) is 35.4 Å². The Morgan fingerprint density at radius 3 is 2.24 bits per heavy atom. The van der Waals surface area contributed by atoms with Crippen molar-refractivity contribution in [1.29, 1.82) is 0 Å². The van der Waals surface area contributed by atoms with Crippen LogP contribution >= 0.6 is 0 Å². The summed E-state index contributed by atoms with van der Waals surface area (Å²) in [6.07, 6.45) is -8.46. The third-order valence-electron chi connectivity index (χ3n) is 16.2. The molecule has 430 valence electrons. The molecule has 3 aliphatic heterocycles. The fourth-order valence-corrected chi connectivity index (χ4v) is 12.3. The van der Waals surface area contributed by atoms with Gasteiger partial charge in [-0.1, -0.05) is 38.1 Å². The van der Waals surface area contributed by atoms with Crippen LogP contribution in [0.3, 0.4) is 0 Å². The maximum absolute atomic E-state index is 14.8. The van der Waals surface area contributed by atoms with Gasteiger partial charge in [0.15, 0.2) is 12.6 Å². The molecule has 19 nitrogen and oxygen atoms in total. The van der Waals surface area contributed by atoms with Gasteiger partial charge in [-0.05, 0) is 105 Å². The van der Waals surface area contributed by atoms with Gasteiger partial charge in [0.2, 0.25) is 0 Å². The summed E-state index contributed by atoms with van der Waals surface area (Å²) in [4.78, 5) is 18.8. The van der Waals surface area contributed by atoms with Crippen LogP contribution in [0.1, 0.15) is 118 Å². The summed E-state index contributed by atoms with van der Waals surface area (Å²) in [6, 6.07) is 4.58. The minimum Gasteiger partial charge on any atom is -0.459 e. The van der Waals surface area contributed by atoms with Gasteiger partial charge in [0.25, 0.3) is 0 Å². The Bertz CT molecular complexity index is 2110. The SMILES string of the molecule is CC[C@H]1OC(=O)[C@H](C)[C@@H](O[C@H]2C[C@@](C)(OC)[C@@H](O)[C@H](C)O2)[C@H](C)[C@@H](O[C@@H]2O[C@H](C)C[C@H](N(C)CCc3cn([C@H](CF)[C@H](OC)c4ccc(S(=O)CCF)cc4)nn3)[C@H]2O)[C@](C)(O)C[C@@H](C)CN(C)[C@H](C)[C@@H](O)[C@]1(C)O. The lowest BCUT2D eigenvalue weighted by Crippen LogP contribution is -2.61. The number of hydrogen-bond acceptors (Lipinski definition) is 18. The van der Waals surface area contributed by atoms with Crippen LogP contribution in [0, 0.1) is 17.8 Å². The lowest BCUT2D eigenvalue weighted by molar-refractivity contribution is -0.318. The maximum atomic E-state index is 14.8. The molecule has 3 aliphatic rings. The van der Waals surface area contributed by atoms with Crippen molar-refractivity contribution in [3.8, 4) is 0 Å². The van der Waals surface area contributed by atoms with E-state index in [-0.39, 0.29) is 30.9 Å². The van der Waals surface area contributed by atoms with Crippen LogP contribution in [0.2, 0.25) is 0 Å². The number of aromatic nitrogens is 3. The van der Waals surface area contributed by atoms with Gasteiger partial charge in [-0.2, -0.15) is 0 Å². The Balaban J connectivity index is 1.43. The summed E-state index contributed by atoms with van der Waals surface area (Å²) < 4.78 is 85.3. The highest BCUT2D eigenvalue weighted by molar-refractivity contribution is 7.85. The number of aliphatic hydroxyl groups is 5. The van der Waals surface area contributed by atoms with E-state index in [9.17, 15) is 43.3 Å². The molecule has 21 atom stereocenters. The first-order valence-electron chi connectivity index (χ1n) is 26.5. The summed E-state index contributed by atoms with van der Waals surface area (Å²) in [6.45, 7) is 16.5. The van der Waals surface area contributed by atoms with Gasteiger partial charge >= 0.3 is 5.97 Å². The number of aliphatic hydroxyl groups excluding tert-OH is 3. The number of alkyl halides is 2. The summed E-state index contributed by atoms with van der Waals surface area (Å²) in [5.74, 6) is -3.05. The van der Waals surface area contributed by atoms with E-state index in [1.807, 2.05) is 37.7 Å². The monoisotopic (exact) mass is 1090 g/mol. The Morgan fingerprint density at radius 2 is 1.64 bits per heavy atom. The highest BCUT2D eigenvalue weighted by atomic mass is 32.2. The lowest BCUT2D eigenvalue weighted by Gasteiger charge is -2.49. The van der Waals surface area contributed by atoms with E-state index in [2.05, 4.69) is 10.3 Å². The number of likely N-dealkylation sites (N-methyl/N-ethyl adjacent to an activating group) is 2. The number of hydrogen-bond donors (Lipinski definition) is 5. The van der Waals surface area contributed by atoms with Gasteiger partial charge in [-0.25, -0.2) is 9.07 Å². The van der Waals surface area contributed by atoms with E-state index in [4.69, 9.17) is 33.2 Å². The van der Waals surface area contributed by atoms with Crippen molar-refractivity contribution in [3.63, 3.8) is 0 Å². The number of cyclic esters (lactones) is 1. The van der Waals surface area contributed by atoms with Crippen LogP contribution in [0.4, 0.5) is 8.78 Å². The fourth-order valence-electron chi connectivity index (χ4n) is 11.5. The molecule has 1 aromatic heterocycles. The zero-order chi connectivity index (χ0) is 55.9.